The minimum absolute atomic E-state index is 0. The van der Waals surface area contributed by atoms with Crippen LogP contribution < -0.4 is 23.3 Å². The summed E-state index contributed by atoms with van der Waals surface area (Å²) in [4.78, 5) is 34.1. The van der Waals surface area contributed by atoms with Crippen LogP contribution in [-0.2, 0) is 64.4 Å². The number of aryl methyl sites for hydroxylation is 3. The average molecular weight is 1900 g/mol. The topological polar surface area (TPSA) is 231 Å². The summed E-state index contributed by atoms with van der Waals surface area (Å²) in [5.41, 5.74) is 5.18. The number of allylic oxidation sites excluding steroid dienone is 4. The monoisotopic (exact) mass is 1900 g/mol. The summed E-state index contributed by atoms with van der Waals surface area (Å²) in [7, 11) is 1.50. The van der Waals surface area contributed by atoms with Crippen LogP contribution in [0.2, 0.25) is 0 Å². The number of aliphatic hydroxyl groups is 1. The molecule has 124 heavy (non-hydrogen) atoms. The number of ether oxygens (including phenoxy) is 7. The third-order valence-corrected chi connectivity index (χ3v) is 18.5. The van der Waals surface area contributed by atoms with Crippen LogP contribution in [0.4, 0.5) is 30.7 Å². The SMILES string of the molecule is C/C=C/CCc1ccc(C2=NC(C)(C)CO2)c(F)c1.C/C=C/CCc1ccc(O)c(F)c1.C=O.CC#CCCc1ccc(C2=NC(C)(C)CO2)c(F)c1.CC1(C)COC(c2ccc(Br)cc2F)=N1.CC1(C)COC(c2ccc(CBr)cc2F)=N1.CC1(C)COC(c2ccc(CO)cc2F)=N1.COc1ccc(C2=NC(C)(C)CO2)c(F)c1.Cl.N.[CH2-]C#CC.[Cl-].[Mg+2]. The summed E-state index contributed by atoms with van der Waals surface area (Å²) in [5, 5.41) is 18.4. The van der Waals surface area contributed by atoms with Crippen LogP contribution in [-0.4, -0.2) is 155 Å². The van der Waals surface area contributed by atoms with E-state index in [9.17, 15) is 30.7 Å². The first kappa shape index (κ1) is 113. The number of aromatic hydroxyl groups is 1. The van der Waals surface area contributed by atoms with Gasteiger partial charge in [-0.05, 0) is 255 Å². The molecular weight excluding hydrogens is 1790 g/mol. The number of phenols is 1. The second-order valence-corrected chi connectivity index (χ2v) is 33.0. The largest absolute Gasteiger partial charge is 2.00 e. The van der Waals surface area contributed by atoms with Crippen molar-refractivity contribution in [2.45, 2.75) is 194 Å². The Balaban J connectivity index is 0.000000713. The molecule has 6 aliphatic heterocycles. The number of carbonyl (C=O) groups excluding carboxylic acids is 1. The number of carbonyl (C=O) groups is 1. The number of nitrogens with zero attached hydrogens (tertiary/aromatic N) is 6. The molecule has 0 fully saturated rings. The molecule has 0 radical (unpaired) electrons. The van der Waals surface area contributed by atoms with E-state index in [0.29, 0.717) is 130 Å². The third kappa shape index (κ3) is 37.6. The van der Waals surface area contributed by atoms with Crippen molar-refractivity contribution in [3.63, 3.8) is 0 Å². The molecule has 17 nitrogen and oxygen atoms in total. The Kier molecular flexibility index (Phi) is 49.1. The van der Waals surface area contributed by atoms with E-state index in [1.54, 1.807) is 86.6 Å². The van der Waals surface area contributed by atoms with Crippen molar-refractivity contribution in [2.24, 2.45) is 30.0 Å². The maximum atomic E-state index is 14.1. The number of rotatable bonds is 17. The fraction of sp³-hybridized carbons (Fsp3) is 0.389. The molecule has 0 amide bonds. The van der Waals surface area contributed by atoms with Gasteiger partial charge in [-0.1, -0.05) is 93.4 Å². The molecular formula is C95H114Br2Cl2F7MgN7O10. The van der Waals surface area contributed by atoms with Gasteiger partial charge in [0.25, 0.3) is 0 Å². The molecule has 29 heteroatoms. The molecule has 0 aliphatic carbocycles. The van der Waals surface area contributed by atoms with E-state index < -0.39 is 11.6 Å². The fourth-order valence-corrected chi connectivity index (χ4v) is 11.8. The van der Waals surface area contributed by atoms with Gasteiger partial charge in [0.1, 0.15) is 87.1 Å². The van der Waals surface area contributed by atoms with Gasteiger partial charge in [0, 0.05) is 22.3 Å². The molecule has 0 aromatic heterocycles. The van der Waals surface area contributed by atoms with Crippen LogP contribution in [0.15, 0.2) is 186 Å². The van der Waals surface area contributed by atoms with Gasteiger partial charge in [-0.15, -0.1) is 24.2 Å². The Morgan fingerprint density at radius 2 is 0.726 bits per heavy atom. The van der Waals surface area contributed by atoms with Crippen molar-refractivity contribution >= 4 is 109 Å². The number of alkyl halides is 1. The number of aliphatic hydroxyl groups excluding tert-OH is 1. The molecule has 0 saturated carbocycles. The molecule has 0 saturated heterocycles. The molecule has 668 valence electrons. The standard InChI is InChI=1S/C16H20FNO.C16H18FNO.C12H13BrFNO.2C12H14FNO2.C11H11BrFNO.C11H13FO.C4H5.CH2O.2ClH.Mg.H3N/c2*1-4-5-6-7-12-8-9-13(14(17)10-12)15-18-16(2,3)11-19-15;1-12(2)7-16-11(15-12)9-4-3-8(6-13)5-10(9)14;1-12(2)7-16-11(14-12)9-5-4-8(15-3)6-10(9)13;1-12(2)7-16-11(14-12)9-4-3-8(6-15)5-10(9)13;1-11(2)6-15-10(14-11)8-4-3-7(12)5-9(8)13;1-2-3-4-5-9-6-7-11(13)10(12)8-9;1-3-4-2;1-2;;;;/h4-5,8-10H,6-7,11H2,1-3H3;8-10H,6-7,11H2,1-3H3;3-5H,6-7H2,1-2H3;4-6H,7H2,1-3H3;3-5,15H,6-7H2,1-2H3;3-5H,6H2,1-2H3;2-3,6-8,13H,4-5H2,1H3;1H2,2H3;1H2;2*1H;;1H3/q;;;;;;;-1;;;;+2;/p-1/b5-4+;;;;;;3-2+;;;;;;. The Bertz CT molecular complexity index is 4810. The molecule has 0 bridgehead atoms. The molecule has 6 aliphatic rings. The Morgan fingerprint density at radius 1 is 0.452 bits per heavy atom. The number of phenolic OH excluding ortho intramolecular Hbond substituents is 1. The average Bonchev–Trinajstić information content (AvgIpc) is 1.68. The molecule has 0 spiro atoms. The molecule has 7 aromatic rings. The quantitative estimate of drug-likeness (QED) is 0.0194. The summed E-state index contributed by atoms with van der Waals surface area (Å²) in [5.74, 6) is 10.9. The van der Waals surface area contributed by atoms with Crippen LogP contribution in [0, 0.1) is 71.3 Å². The summed E-state index contributed by atoms with van der Waals surface area (Å²) in [6.45, 7) is 39.0. The maximum Gasteiger partial charge on any atom is 2.00 e. The Hall–Kier alpha value is -9.16. The zero-order valence-corrected chi connectivity index (χ0v) is 79.9. The zero-order valence-electron chi connectivity index (χ0n) is 73.7. The summed E-state index contributed by atoms with van der Waals surface area (Å²) >= 11 is 6.50. The van der Waals surface area contributed by atoms with Gasteiger partial charge in [-0.2, -0.15) is 6.92 Å². The van der Waals surface area contributed by atoms with Gasteiger partial charge in [-0.3, -0.25) is 5.92 Å². The Labute approximate surface area is 772 Å². The predicted octanol–water partition coefficient (Wildman–Crippen LogP) is 18.8. The molecule has 5 N–H and O–H groups in total. The number of halogens is 11. The second kappa shape index (κ2) is 54.0. The molecule has 13 rings (SSSR count). The maximum absolute atomic E-state index is 14.1. The first-order valence-corrected chi connectivity index (χ1v) is 40.7. The van der Waals surface area contributed by atoms with Gasteiger partial charge in [0.2, 0.25) is 35.4 Å². The number of benzene rings is 7. The van der Waals surface area contributed by atoms with Gasteiger partial charge in [0.15, 0.2) is 11.6 Å². The van der Waals surface area contributed by atoms with Crippen molar-refractivity contribution in [3.8, 4) is 35.2 Å². The first-order chi connectivity index (χ1) is 56.7. The third-order valence-electron chi connectivity index (χ3n) is 17.3. The van der Waals surface area contributed by atoms with Crippen molar-refractivity contribution in [3.05, 3.63) is 265 Å². The minimum atomic E-state index is -0.544. The van der Waals surface area contributed by atoms with E-state index in [2.05, 4.69) is 98.5 Å². The predicted molar refractivity (Wildman–Crippen MR) is 491 cm³/mol. The van der Waals surface area contributed by atoms with Crippen LogP contribution in [0.3, 0.4) is 0 Å². The zero-order chi connectivity index (χ0) is 89.2. The van der Waals surface area contributed by atoms with E-state index in [4.69, 9.17) is 48.2 Å². The number of methoxy groups -OCH3 is 1. The normalized spacial score (nSPS) is 15.7. The minimum Gasteiger partial charge on any atom is -1.00 e. The number of hydrogen-bond acceptors (Lipinski definition) is 17. The van der Waals surface area contributed by atoms with Crippen LogP contribution in [0.5, 0.6) is 11.5 Å². The van der Waals surface area contributed by atoms with E-state index in [1.165, 1.54) is 43.5 Å². The Morgan fingerprint density at radius 3 is 0.992 bits per heavy atom. The van der Waals surface area contributed by atoms with Gasteiger partial charge in [-0.25, -0.2) is 60.7 Å². The molecule has 0 atom stereocenters. The van der Waals surface area contributed by atoms with Gasteiger partial charge < -0.3 is 72.6 Å². The van der Waals surface area contributed by atoms with Crippen LogP contribution in [0.25, 0.3) is 0 Å². The molecule has 0 unspecified atom stereocenters. The van der Waals surface area contributed by atoms with Crippen molar-refractivity contribution in [2.75, 3.05) is 46.8 Å². The van der Waals surface area contributed by atoms with Crippen molar-refractivity contribution < 1.29 is 91.3 Å². The van der Waals surface area contributed by atoms with E-state index in [-0.39, 0.29) is 129 Å². The summed E-state index contributed by atoms with van der Waals surface area (Å²) in [6, 6.07) is 34.1. The van der Waals surface area contributed by atoms with E-state index in [1.807, 2.05) is 140 Å². The number of aliphatic imine (C=N–C) groups is 6. The molecule has 6 heterocycles. The van der Waals surface area contributed by atoms with Crippen molar-refractivity contribution in [1.82, 2.24) is 6.15 Å². The van der Waals surface area contributed by atoms with E-state index in [0.717, 1.165) is 60.8 Å². The van der Waals surface area contributed by atoms with Crippen molar-refractivity contribution in [1.29, 1.82) is 0 Å². The summed E-state index contributed by atoms with van der Waals surface area (Å²) in [6.07, 6.45) is 13.1. The first-order valence-electron chi connectivity index (χ1n) is 38.8. The summed E-state index contributed by atoms with van der Waals surface area (Å²) < 4.78 is 134. The van der Waals surface area contributed by atoms with E-state index >= 15 is 0 Å². The van der Waals surface area contributed by atoms with Crippen LogP contribution >= 0.6 is 44.3 Å². The van der Waals surface area contributed by atoms with Crippen LogP contribution in [0.1, 0.15) is 191 Å². The smallest absolute Gasteiger partial charge is 1.00 e. The van der Waals surface area contributed by atoms with Gasteiger partial charge in [0.05, 0.1) is 80.3 Å². The fourth-order valence-electron chi connectivity index (χ4n) is 11.1. The van der Waals surface area contributed by atoms with Gasteiger partial charge >= 0.3 is 23.1 Å². The molecule has 7 aromatic carbocycles. The number of hydrogen-bond donors (Lipinski definition) is 3. The second-order valence-electron chi connectivity index (χ2n) is 31.5.